The van der Waals surface area contributed by atoms with Crippen molar-refractivity contribution in [1.29, 1.82) is 0 Å². The van der Waals surface area contributed by atoms with Crippen LogP contribution in [0.5, 0.6) is 11.5 Å². The van der Waals surface area contributed by atoms with Gasteiger partial charge in [-0.25, -0.2) is 4.42 Å². The fourth-order valence-corrected chi connectivity index (χ4v) is 3.73. The van der Waals surface area contributed by atoms with Crippen LogP contribution in [0.15, 0.2) is 95.4 Å². The molecule has 1 heterocycles. The molecule has 3 heteroatoms. The highest BCUT2D eigenvalue weighted by molar-refractivity contribution is 5.81. The van der Waals surface area contributed by atoms with Gasteiger partial charge in [0.15, 0.2) is 11.5 Å². The molecule has 166 valence electrons. The van der Waals surface area contributed by atoms with Gasteiger partial charge in [0.25, 0.3) is 0 Å². The van der Waals surface area contributed by atoms with Gasteiger partial charge in [0.2, 0.25) is 0 Å². The minimum absolute atomic E-state index is 0.585. The molecule has 0 amide bonds. The minimum atomic E-state index is 0.585. The largest absolute Gasteiger partial charge is 0.490 e. The van der Waals surface area contributed by atoms with Gasteiger partial charge in [-0.15, -0.1) is 0 Å². The third-order valence-electron chi connectivity index (χ3n) is 5.34. The molecule has 1 aromatic heterocycles. The van der Waals surface area contributed by atoms with E-state index in [4.69, 9.17) is 13.9 Å². The van der Waals surface area contributed by atoms with E-state index in [2.05, 4.69) is 67.6 Å². The van der Waals surface area contributed by atoms with E-state index in [0.29, 0.717) is 13.2 Å². The van der Waals surface area contributed by atoms with E-state index in [0.717, 1.165) is 50.8 Å². The first-order valence-electron chi connectivity index (χ1n) is 11.3. The average Bonchev–Trinajstić information content (AvgIpc) is 2.86. The van der Waals surface area contributed by atoms with Crippen LogP contribution in [0.3, 0.4) is 0 Å². The second-order valence-corrected chi connectivity index (χ2v) is 7.70. The number of rotatable bonds is 8. The topological polar surface area (TPSA) is 29.8 Å². The van der Waals surface area contributed by atoms with Gasteiger partial charge in [-0.1, -0.05) is 54.6 Å². The van der Waals surface area contributed by atoms with E-state index in [1.807, 2.05) is 50.2 Å². The molecule has 3 nitrogen and oxygen atoms in total. The van der Waals surface area contributed by atoms with Crippen molar-refractivity contribution in [2.75, 3.05) is 13.2 Å². The molecule has 33 heavy (non-hydrogen) atoms. The zero-order valence-corrected chi connectivity index (χ0v) is 19.4. The van der Waals surface area contributed by atoms with Crippen molar-refractivity contribution in [2.45, 2.75) is 20.8 Å². The zero-order valence-electron chi connectivity index (χ0n) is 19.4. The van der Waals surface area contributed by atoms with Crippen molar-refractivity contribution in [1.82, 2.24) is 0 Å². The number of hydrogen-bond donors (Lipinski definition) is 0. The van der Waals surface area contributed by atoms with Crippen LogP contribution >= 0.6 is 0 Å². The van der Waals surface area contributed by atoms with Crippen LogP contribution in [-0.4, -0.2) is 13.2 Å². The first-order chi connectivity index (χ1) is 16.2. The van der Waals surface area contributed by atoms with Gasteiger partial charge in [-0.05, 0) is 61.7 Å². The van der Waals surface area contributed by atoms with Crippen LogP contribution in [0.4, 0.5) is 0 Å². The third-order valence-corrected chi connectivity index (χ3v) is 5.34. The zero-order chi connectivity index (χ0) is 23.0. The molecule has 0 spiro atoms. The van der Waals surface area contributed by atoms with E-state index >= 15 is 0 Å². The summed E-state index contributed by atoms with van der Waals surface area (Å²) in [6.45, 7) is 7.21. The van der Waals surface area contributed by atoms with Crippen LogP contribution in [-0.2, 0) is 0 Å². The first-order valence-corrected chi connectivity index (χ1v) is 11.3. The predicted molar refractivity (Wildman–Crippen MR) is 136 cm³/mol. The van der Waals surface area contributed by atoms with Gasteiger partial charge < -0.3 is 9.47 Å². The Morgan fingerprint density at radius 2 is 1.33 bits per heavy atom. The molecule has 4 rings (SSSR count). The quantitative estimate of drug-likeness (QED) is 0.260. The molecule has 4 aromatic rings. The Kier molecular flexibility index (Phi) is 7.21. The van der Waals surface area contributed by atoms with Crippen LogP contribution in [0, 0.1) is 0 Å². The highest BCUT2D eigenvalue weighted by Gasteiger charge is 2.18. The van der Waals surface area contributed by atoms with Crippen LogP contribution < -0.4 is 9.47 Å². The molecule has 0 bridgehead atoms. The van der Waals surface area contributed by atoms with Gasteiger partial charge in [0, 0.05) is 11.6 Å². The monoisotopic (exact) mass is 437 g/mol. The Morgan fingerprint density at radius 3 is 2.00 bits per heavy atom. The number of ether oxygens (including phenoxy) is 2. The summed E-state index contributed by atoms with van der Waals surface area (Å²) < 4.78 is 17.8. The molecular weight excluding hydrogens is 408 g/mol. The van der Waals surface area contributed by atoms with Gasteiger partial charge in [0.1, 0.15) is 0 Å². The molecule has 0 aliphatic carbocycles. The van der Waals surface area contributed by atoms with Crippen LogP contribution in [0.1, 0.15) is 32.1 Å². The summed E-state index contributed by atoms with van der Waals surface area (Å²) in [4.78, 5) is 0. The smallest absolute Gasteiger partial charge is 0.361 e. The first kappa shape index (κ1) is 22.3. The Labute approximate surface area is 195 Å². The van der Waals surface area contributed by atoms with Crippen LogP contribution in [0.2, 0.25) is 0 Å². The fraction of sp³-hybridized carbons (Fsp3) is 0.167. The second kappa shape index (κ2) is 10.6. The molecule has 0 atom stereocenters. The molecule has 3 aromatic carbocycles. The SMILES string of the molecule is CCOc1ccc(C(C)=Cc2cc(-c3ccccc3)cc(-c3ccccc3)[o+]2)cc1OCC. The molecule has 0 saturated carbocycles. The van der Waals surface area contributed by atoms with E-state index in [1.54, 1.807) is 0 Å². The Bertz CT molecular complexity index is 1170. The van der Waals surface area contributed by atoms with Crippen molar-refractivity contribution in [3.8, 4) is 33.9 Å². The lowest BCUT2D eigenvalue weighted by atomic mass is 10.0. The summed E-state index contributed by atoms with van der Waals surface area (Å²) in [5.74, 6) is 3.14. The number of hydrogen-bond acceptors (Lipinski definition) is 2. The maximum atomic E-state index is 6.33. The molecule has 0 N–H and O–H groups in total. The van der Waals surface area contributed by atoms with Crippen molar-refractivity contribution in [2.24, 2.45) is 0 Å². The van der Waals surface area contributed by atoms with Crippen LogP contribution in [0.25, 0.3) is 34.1 Å². The maximum absolute atomic E-state index is 6.33. The minimum Gasteiger partial charge on any atom is -0.490 e. The molecule has 0 unspecified atom stereocenters. The molecule has 0 fully saturated rings. The Morgan fingerprint density at radius 1 is 0.697 bits per heavy atom. The summed E-state index contributed by atoms with van der Waals surface area (Å²) in [5, 5.41) is 0. The fourth-order valence-electron chi connectivity index (χ4n) is 3.73. The van der Waals surface area contributed by atoms with Gasteiger partial charge in [0.05, 0.1) is 30.9 Å². The lowest BCUT2D eigenvalue weighted by Crippen LogP contribution is -1.99. The number of benzene rings is 3. The summed E-state index contributed by atoms with van der Waals surface area (Å²) in [6.07, 6.45) is 2.07. The van der Waals surface area contributed by atoms with Gasteiger partial charge in [-0.2, -0.15) is 0 Å². The maximum Gasteiger partial charge on any atom is 0.361 e. The lowest BCUT2D eigenvalue weighted by molar-refractivity contribution is 0.287. The van der Waals surface area contributed by atoms with Crippen molar-refractivity contribution < 1.29 is 13.9 Å². The summed E-state index contributed by atoms with van der Waals surface area (Å²) in [6, 6.07) is 30.8. The van der Waals surface area contributed by atoms with E-state index < -0.39 is 0 Å². The summed E-state index contributed by atoms with van der Waals surface area (Å²) in [7, 11) is 0. The van der Waals surface area contributed by atoms with Crippen molar-refractivity contribution in [3.63, 3.8) is 0 Å². The van der Waals surface area contributed by atoms with E-state index in [-0.39, 0.29) is 0 Å². The molecule has 0 saturated heterocycles. The van der Waals surface area contributed by atoms with E-state index in [9.17, 15) is 0 Å². The summed E-state index contributed by atoms with van der Waals surface area (Å²) >= 11 is 0. The Hall–Kier alpha value is -3.85. The van der Waals surface area contributed by atoms with Crippen molar-refractivity contribution in [3.05, 3.63) is 102 Å². The van der Waals surface area contributed by atoms with Crippen molar-refractivity contribution >= 4 is 11.6 Å². The molecule has 0 aliphatic rings. The highest BCUT2D eigenvalue weighted by atomic mass is 16.5. The lowest BCUT2D eigenvalue weighted by Gasteiger charge is -2.12. The normalized spacial score (nSPS) is 11.3. The highest BCUT2D eigenvalue weighted by Crippen LogP contribution is 2.33. The predicted octanol–water partition coefficient (Wildman–Crippen LogP) is 8.25. The summed E-state index contributed by atoms with van der Waals surface area (Å²) in [5.41, 5.74) is 5.44. The molecular formula is C30H29O3+. The van der Waals surface area contributed by atoms with E-state index in [1.165, 1.54) is 0 Å². The number of allylic oxidation sites excluding steroid dienone is 1. The Balaban J connectivity index is 1.77. The third kappa shape index (κ3) is 5.50. The van der Waals surface area contributed by atoms with Gasteiger partial charge in [-0.3, -0.25) is 0 Å². The standard InChI is InChI=1S/C30H29O3/c1-4-31-28-17-16-25(20-30(28)32-5-2)22(3)18-27-19-26(23-12-8-6-9-13-23)21-29(33-27)24-14-10-7-11-15-24/h6-21H,4-5H2,1-3H3/q+1. The molecule has 0 radical (unpaired) electrons. The van der Waals surface area contributed by atoms with Gasteiger partial charge >= 0.3 is 11.5 Å². The average molecular weight is 438 g/mol. The molecule has 0 aliphatic heterocycles. The second-order valence-electron chi connectivity index (χ2n) is 7.70.